The predicted octanol–water partition coefficient (Wildman–Crippen LogP) is 2.05. The monoisotopic (exact) mass is 279 g/mol. The van der Waals surface area contributed by atoms with Crippen LogP contribution in [-0.4, -0.2) is 30.1 Å². The number of carboxylic acid groups (broad SMARTS) is 1. The third-order valence-electron chi connectivity index (χ3n) is 2.84. The van der Waals surface area contributed by atoms with E-state index in [0.29, 0.717) is 25.1 Å². The molecule has 0 spiro atoms. The summed E-state index contributed by atoms with van der Waals surface area (Å²) in [4.78, 5) is 21.9. The lowest BCUT2D eigenvalue weighted by Gasteiger charge is -2.10. The second-order valence-electron chi connectivity index (χ2n) is 4.76. The molecule has 1 aromatic carbocycles. The van der Waals surface area contributed by atoms with E-state index in [1.54, 1.807) is 0 Å². The smallest absolute Gasteiger partial charge is 0.303 e. The number of benzene rings is 1. The highest BCUT2D eigenvalue weighted by atomic mass is 16.5. The summed E-state index contributed by atoms with van der Waals surface area (Å²) in [7, 11) is 0. The van der Waals surface area contributed by atoms with Crippen LogP contribution in [0.3, 0.4) is 0 Å². The van der Waals surface area contributed by atoms with Crippen molar-refractivity contribution in [2.45, 2.75) is 33.1 Å². The second-order valence-corrected chi connectivity index (χ2v) is 4.76. The third kappa shape index (κ3) is 6.22. The lowest BCUT2D eigenvalue weighted by molar-refractivity contribution is -0.137. The summed E-state index contributed by atoms with van der Waals surface area (Å²) < 4.78 is 5.47. The molecule has 0 saturated heterocycles. The predicted molar refractivity (Wildman–Crippen MR) is 75.9 cm³/mol. The molecule has 1 amide bonds. The van der Waals surface area contributed by atoms with E-state index in [4.69, 9.17) is 9.84 Å². The maximum atomic E-state index is 11.6. The van der Waals surface area contributed by atoms with E-state index in [1.165, 1.54) is 0 Å². The van der Waals surface area contributed by atoms with Gasteiger partial charge in [-0.25, -0.2) is 0 Å². The van der Waals surface area contributed by atoms with Crippen molar-refractivity contribution in [1.29, 1.82) is 0 Å². The zero-order valence-electron chi connectivity index (χ0n) is 11.9. The minimum absolute atomic E-state index is 0.0246. The minimum Gasteiger partial charge on any atom is -0.483 e. The van der Waals surface area contributed by atoms with Gasteiger partial charge in [0, 0.05) is 13.0 Å². The molecule has 0 unspecified atom stereocenters. The van der Waals surface area contributed by atoms with Crippen LogP contribution >= 0.6 is 0 Å². The number of aryl methyl sites for hydroxylation is 2. The molecule has 1 aromatic rings. The van der Waals surface area contributed by atoms with Gasteiger partial charge in [0.05, 0.1) is 0 Å². The molecule has 0 aliphatic heterocycles. The van der Waals surface area contributed by atoms with Gasteiger partial charge >= 0.3 is 5.97 Å². The minimum atomic E-state index is -0.811. The second kappa shape index (κ2) is 8.19. The number of carbonyl (C=O) groups excluding carboxylic acids is 1. The highest BCUT2D eigenvalue weighted by Crippen LogP contribution is 2.18. The largest absolute Gasteiger partial charge is 0.483 e. The maximum absolute atomic E-state index is 11.6. The first-order valence-corrected chi connectivity index (χ1v) is 6.67. The molecule has 0 heterocycles. The Morgan fingerprint density at radius 1 is 1.25 bits per heavy atom. The Kier molecular flexibility index (Phi) is 6.56. The normalized spacial score (nSPS) is 10.1. The van der Waals surface area contributed by atoms with E-state index in [9.17, 15) is 9.59 Å². The van der Waals surface area contributed by atoms with E-state index in [-0.39, 0.29) is 18.9 Å². The van der Waals surface area contributed by atoms with Gasteiger partial charge in [0.2, 0.25) is 0 Å². The molecular weight excluding hydrogens is 258 g/mol. The SMILES string of the molecule is Cc1ccc(C)c(OCC(=O)NCCCCC(=O)O)c1. The van der Waals surface area contributed by atoms with Crippen LogP contribution in [0, 0.1) is 13.8 Å². The Morgan fingerprint density at radius 3 is 2.70 bits per heavy atom. The van der Waals surface area contributed by atoms with Gasteiger partial charge in [0.25, 0.3) is 5.91 Å². The first-order valence-electron chi connectivity index (χ1n) is 6.67. The van der Waals surface area contributed by atoms with Crippen molar-refractivity contribution in [3.05, 3.63) is 29.3 Å². The number of ether oxygens (including phenoxy) is 1. The molecule has 1 rings (SSSR count). The summed E-state index contributed by atoms with van der Waals surface area (Å²) in [6, 6.07) is 5.84. The maximum Gasteiger partial charge on any atom is 0.303 e. The number of amides is 1. The summed E-state index contributed by atoms with van der Waals surface area (Å²) in [5, 5.41) is 11.2. The van der Waals surface area contributed by atoms with E-state index >= 15 is 0 Å². The fourth-order valence-electron chi connectivity index (χ4n) is 1.69. The van der Waals surface area contributed by atoms with E-state index in [1.807, 2.05) is 32.0 Å². The molecule has 5 heteroatoms. The Labute approximate surface area is 118 Å². The molecule has 20 heavy (non-hydrogen) atoms. The Hall–Kier alpha value is -2.04. The van der Waals surface area contributed by atoms with Gasteiger partial charge in [-0.1, -0.05) is 12.1 Å². The number of hydrogen-bond acceptors (Lipinski definition) is 3. The Balaban J connectivity index is 2.23. The van der Waals surface area contributed by atoms with Gasteiger partial charge in [-0.05, 0) is 43.9 Å². The van der Waals surface area contributed by atoms with Crippen LogP contribution in [0.5, 0.6) is 5.75 Å². The number of nitrogens with one attached hydrogen (secondary N) is 1. The van der Waals surface area contributed by atoms with Crippen LogP contribution in [0.25, 0.3) is 0 Å². The third-order valence-corrected chi connectivity index (χ3v) is 2.84. The summed E-state index contributed by atoms with van der Waals surface area (Å²) in [5.41, 5.74) is 2.07. The van der Waals surface area contributed by atoms with Crippen molar-refractivity contribution in [3.63, 3.8) is 0 Å². The first-order chi connectivity index (χ1) is 9.49. The van der Waals surface area contributed by atoms with E-state index in [2.05, 4.69) is 5.32 Å². The van der Waals surface area contributed by atoms with Gasteiger partial charge in [0.1, 0.15) is 5.75 Å². The van der Waals surface area contributed by atoms with Crippen molar-refractivity contribution in [1.82, 2.24) is 5.32 Å². The van der Waals surface area contributed by atoms with Crippen molar-refractivity contribution in [3.8, 4) is 5.75 Å². The average Bonchev–Trinajstić information content (AvgIpc) is 2.39. The topological polar surface area (TPSA) is 75.6 Å². The quantitative estimate of drug-likeness (QED) is 0.714. The van der Waals surface area contributed by atoms with Crippen molar-refractivity contribution in [2.75, 3.05) is 13.2 Å². The van der Waals surface area contributed by atoms with Crippen LogP contribution in [0.1, 0.15) is 30.4 Å². The van der Waals surface area contributed by atoms with Crippen LogP contribution in [0.15, 0.2) is 18.2 Å². The molecule has 0 aliphatic rings. The Bertz CT molecular complexity index is 471. The summed E-state index contributed by atoms with van der Waals surface area (Å²) in [5.74, 6) is -0.290. The molecule has 0 bridgehead atoms. The molecule has 0 aliphatic carbocycles. The summed E-state index contributed by atoms with van der Waals surface area (Å²) >= 11 is 0. The number of unbranched alkanes of at least 4 members (excludes halogenated alkanes) is 1. The lowest BCUT2D eigenvalue weighted by Crippen LogP contribution is -2.29. The highest BCUT2D eigenvalue weighted by Gasteiger charge is 2.05. The van der Waals surface area contributed by atoms with Crippen molar-refractivity contribution in [2.24, 2.45) is 0 Å². The molecule has 5 nitrogen and oxygen atoms in total. The number of carboxylic acids is 1. The number of hydrogen-bond donors (Lipinski definition) is 2. The zero-order chi connectivity index (χ0) is 15.0. The highest BCUT2D eigenvalue weighted by molar-refractivity contribution is 5.77. The van der Waals surface area contributed by atoms with Crippen LogP contribution in [0.4, 0.5) is 0 Å². The Morgan fingerprint density at radius 2 is 2.00 bits per heavy atom. The van der Waals surface area contributed by atoms with Gasteiger partial charge < -0.3 is 15.2 Å². The molecule has 0 atom stereocenters. The van der Waals surface area contributed by atoms with E-state index in [0.717, 1.165) is 11.1 Å². The molecule has 0 saturated carbocycles. The van der Waals surface area contributed by atoms with Gasteiger partial charge in [-0.15, -0.1) is 0 Å². The van der Waals surface area contributed by atoms with Gasteiger partial charge in [-0.2, -0.15) is 0 Å². The van der Waals surface area contributed by atoms with E-state index < -0.39 is 5.97 Å². The molecular formula is C15H21NO4. The van der Waals surface area contributed by atoms with Crippen molar-refractivity contribution >= 4 is 11.9 Å². The molecule has 0 fully saturated rings. The molecule has 0 radical (unpaired) electrons. The summed E-state index contributed by atoms with van der Waals surface area (Å²) in [6.45, 7) is 4.35. The van der Waals surface area contributed by atoms with Crippen LogP contribution < -0.4 is 10.1 Å². The standard InChI is InChI=1S/C15H21NO4/c1-11-6-7-12(2)13(9-11)20-10-14(17)16-8-4-3-5-15(18)19/h6-7,9H,3-5,8,10H2,1-2H3,(H,16,17)(H,18,19). The lowest BCUT2D eigenvalue weighted by atomic mass is 10.1. The molecule has 2 N–H and O–H groups in total. The van der Waals surface area contributed by atoms with Gasteiger partial charge in [-0.3, -0.25) is 9.59 Å². The first kappa shape index (κ1) is 16.0. The van der Waals surface area contributed by atoms with Crippen molar-refractivity contribution < 1.29 is 19.4 Å². The van der Waals surface area contributed by atoms with Gasteiger partial charge in [0.15, 0.2) is 6.61 Å². The fourth-order valence-corrected chi connectivity index (χ4v) is 1.69. The van der Waals surface area contributed by atoms with Crippen LogP contribution in [-0.2, 0) is 9.59 Å². The molecule has 110 valence electrons. The number of rotatable bonds is 8. The average molecular weight is 279 g/mol. The number of carbonyl (C=O) groups is 2. The zero-order valence-corrected chi connectivity index (χ0v) is 11.9. The number of aliphatic carboxylic acids is 1. The van der Waals surface area contributed by atoms with Crippen LogP contribution in [0.2, 0.25) is 0 Å². The fraction of sp³-hybridized carbons (Fsp3) is 0.467. The molecule has 0 aromatic heterocycles. The summed E-state index contributed by atoms with van der Waals surface area (Å²) in [6.07, 6.45) is 1.35.